The second-order valence-corrected chi connectivity index (χ2v) is 8.54. The van der Waals surface area contributed by atoms with Crippen molar-refractivity contribution in [3.05, 3.63) is 65.3 Å². The highest BCUT2D eigenvalue weighted by molar-refractivity contribution is 7.91. The molecule has 32 heavy (non-hydrogen) atoms. The fraction of sp³-hybridized carbons (Fsp3) is 0.318. The molecule has 1 amide bonds. The van der Waals surface area contributed by atoms with Crippen molar-refractivity contribution in [2.24, 2.45) is 5.73 Å². The number of carboxylic acids is 2. The third-order valence-corrected chi connectivity index (χ3v) is 5.46. The van der Waals surface area contributed by atoms with Crippen molar-refractivity contribution in [2.45, 2.75) is 39.0 Å². The molecule has 9 nitrogen and oxygen atoms in total. The second kappa shape index (κ2) is 15.5. The summed E-state index contributed by atoms with van der Waals surface area (Å²) >= 11 is 0. The molecule has 10 heteroatoms. The molecule has 0 spiro atoms. The van der Waals surface area contributed by atoms with Crippen molar-refractivity contribution in [2.75, 3.05) is 12.4 Å². The van der Waals surface area contributed by atoms with Gasteiger partial charge in [-0.25, -0.2) is 18.0 Å². The van der Waals surface area contributed by atoms with E-state index in [2.05, 4.69) is 6.58 Å². The van der Waals surface area contributed by atoms with E-state index in [1.807, 2.05) is 6.92 Å². The van der Waals surface area contributed by atoms with E-state index in [0.717, 1.165) is 5.56 Å². The van der Waals surface area contributed by atoms with Gasteiger partial charge in [-0.3, -0.25) is 4.79 Å². The lowest BCUT2D eigenvalue weighted by molar-refractivity contribution is -0.133. The Labute approximate surface area is 188 Å². The lowest BCUT2D eigenvalue weighted by Gasteiger charge is -2.02. The topological polar surface area (TPSA) is 172 Å². The molecular formula is C22H31NO8S. The number of rotatable bonds is 8. The highest BCUT2D eigenvalue weighted by atomic mass is 32.2. The van der Waals surface area contributed by atoms with E-state index >= 15 is 0 Å². The Morgan fingerprint density at radius 3 is 1.81 bits per heavy atom. The molecule has 0 aromatic heterocycles. The van der Waals surface area contributed by atoms with Gasteiger partial charge in [-0.15, -0.1) is 0 Å². The Kier molecular flexibility index (Phi) is 15.0. The smallest absolute Gasteiger partial charge is 0.331 e. The van der Waals surface area contributed by atoms with Crippen molar-refractivity contribution in [3.63, 3.8) is 0 Å². The molecule has 0 saturated heterocycles. The zero-order valence-corrected chi connectivity index (χ0v) is 19.5. The van der Waals surface area contributed by atoms with Crippen molar-refractivity contribution in [1.82, 2.24) is 0 Å². The molecule has 0 saturated carbocycles. The van der Waals surface area contributed by atoms with Gasteiger partial charge in [0.1, 0.15) is 0 Å². The molecule has 0 bridgehead atoms. The third-order valence-electron chi connectivity index (χ3n) is 3.86. The second-order valence-electron chi connectivity index (χ2n) is 6.51. The predicted molar refractivity (Wildman–Crippen MR) is 122 cm³/mol. The van der Waals surface area contributed by atoms with E-state index in [1.54, 1.807) is 44.2 Å². The van der Waals surface area contributed by atoms with Crippen LogP contribution < -0.4 is 5.73 Å². The molecule has 1 aromatic carbocycles. The number of carbonyl (C=O) groups excluding carboxylic acids is 1. The van der Waals surface area contributed by atoms with Gasteiger partial charge in [0.15, 0.2) is 9.84 Å². The van der Waals surface area contributed by atoms with Gasteiger partial charge in [-0.1, -0.05) is 36.4 Å². The maximum atomic E-state index is 11.9. The molecule has 0 aliphatic rings. The summed E-state index contributed by atoms with van der Waals surface area (Å²) in [7, 11) is -3.39. The number of hydrogen-bond donors (Lipinski definition) is 4. The van der Waals surface area contributed by atoms with Gasteiger partial charge in [0, 0.05) is 29.7 Å². The average Bonchev–Trinajstić information content (AvgIpc) is 2.72. The maximum absolute atomic E-state index is 11.9. The first-order valence-corrected chi connectivity index (χ1v) is 11.0. The fourth-order valence-electron chi connectivity index (χ4n) is 1.54. The number of nitrogens with two attached hydrogens (primary N) is 1. The highest BCUT2D eigenvalue weighted by Crippen LogP contribution is 2.12. The van der Waals surface area contributed by atoms with Crippen LogP contribution in [0.4, 0.5) is 0 Å². The quantitative estimate of drug-likeness (QED) is 0.420. The number of aryl methyl sites for hydroxylation is 1. The van der Waals surface area contributed by atoms with Gasteiger partial charge in [-0.05, 0) is 39.8 Å². The molecule has 1 rings (SSSR count). The van der Waals surface area contributed by atoms with Crippen LogP contribution in [0.15, 0.2) is 64.6 Å². The SMILES string of the molecule is C=C(CCO)C(=O)O.CC(=CCS(=O)(=O)c1ccc(C)cc1)C(N)=O.CC=C(C)C(=O)O. The Hall–Kier alpha value is -3.24. The van der Waals surface area contributed by atoms with Crippen LogP contribution in [-0.2, 0) is 24.2 Å². The number of hydrogen-bond acceptors (Lipinski definition) is 6. The van der Waals surface area contributed by atoms with Crippen LogP contribution in [0.1, 0.15) is 32.8 Å². The average molecular weight is 470 g/mol. The lowest BCUT2D eigenvalue weighted by Crippen LogP contribution is -2.13. The van der Waals surface area contributed by atoms with E-state index in [0.29, 0.717) is 5.57 Å². The van der Waals surface area contributed by atoms with Crippen molar-refractivity contribution >= 4 is 27.7 Å². The van der Waals surface area contributed by atoms with Crippen molar-refractivity contribution in [1.29, 1.82) is 0 Å². The van der Waals surface area contributed by atoms with Gasteiger partial charge in [0.25, 0.3) is 0 Å². The summed E-state index contributed by atoms with van der Waals surface area (Å²) in [6.45, 7) is 9.67. The number of carbonyl (C=O) groups is 3. The largest absolute Gasteiger partial charge is 0.478 e. The third kappa shape index (κ3) is 13.9. The molecule has 178 valence electrons. The monoisotopic (exact) mass is 469 g/mol. The highest BCUT2D eigenvalue weighted by Gasteiger charge is 2.12. The van der Waals surface area contributed by atoms with Gasteiger partial charge in [0.2, 0.25) is 5.91 Å². The molecule has 0 aliphatic heterocycles. The van der Waals surface area contributed by atoms with Crippen LogP contribution in [0, 0.1) is 6.92 Å². The Morgan fingerprint density at radius 2 is 1.53 bits per heavy atom. The minimum absolute atomic E-state index is 0.0486. The number of aliphatic hydroxyl groups excluding tert-OH is 1. The van der Waals surface area contributed by atoms with Gasteiger partial charge in [-0.2, -0.15) is 0 Å². The molecule has 0 atom stereocenters. The standard InChI is InChI=1S/C12H15NO3S.C5H8O3.C5H8O2/c1-9-3-5-11(6-4-9)17(15,16)8-7-10(2)12(13)14;1-4(2-3-6)5(7)8;1-3-4(2)5(6)7/h3-7H,8H2,1-2H3,(H2,13,14);6H,1-3H2,(H,7,8);3H,1-2H3,(H,6,7). The summed E-state index contributed by atoms with van der Waals surface area (Å²) in [5.74, 6) is -2.71. The first-order valence-electron chi connectivity index (χ1n) is 9.33. The number of allylic oxidation sites excluding steroid dienone is 1. The van der Waals surface area contributed by atoms with Gasteiger partial charge >= 0.3 is 11.9 Å². The summed E-state index contributed by atoms with van der Waals surface area (Å²) in [5.41, 5.74) is 6.70. The summed E-state index contributed by atoms with van der Waals surface area (Å²) in [4.78, 5) is 30.7. The molecule has 1 aromatic rings. The van der Waals surface area contributed by atoms with Crippen LogP contribution >= 0.6 is 0 Å². The van der Waals surface area contributed by atoms with E-state index in [-0.39, 0.29) is 34.8 Å². The normalized spacial score (nSPS) is 11.3. The van der Waals surface area contributed by atoms with E-state index in [9.17, 15) is 22.8 Å². The zero-order valence-electron chi connectivity index (χ0n) is 18.7. The van der Waals surface area contributed by atoms with Crippen LogP contribution in [-0.4, -0.2) is 53.9 Å². The van der Waals surface area contributed by atoms with E-state index in [1.165, 1.54) is 13.0 Å². The van der Waals surface area contributed by atoms with E-state index < -0.39 is 27.7 Å². The number of primary amides is 1. The Balaban J connectivity index is 0. The number of aliphatic carboxylic acids is 2. The predicted octanol–water partition coefficient (Wildman–Crippen LogP) is 2.25. The van der Waals surface area contributed by atoms with Crippen molar-refractivity contribution in [3.8, 4) is 0 Å². The number of carboxylic acid groups (broad SMARTS) is 2. The molecule has 0 unspecified atom stereocenters. The Bertz CT molecular complexity index is 958. The summed E-state index contributed by atoms with van der Waals surface area (Å²) in [6, 6.07) is 6.57. The van der Waals surface area contributed by atoms with E-state index in [4.69, 9.17) is 21.1 Å². The minimum atomic E-state index is -3.39. The molecule has 0 heterocycles. The van der Waals surface area contributed by atoms with Crippen molar-refractivity contribution < 1.29 is 38.1 Å². The maximum Gasteiger partial charge on any atom is 0.331 e. The molecule has 0 radical (unpaired) electrons. The number of sulfone groups is 1. The number of benzene rings is 1. The van der Waals surface area contributed by atoms with Crippen LogP contribution in [0.25, 0.3) is 0 Å². The zero-order chi connectivity index (χ0) is 25.5. The molecule has 5 N–H and O–H groups in total. The fourth-order valence-corrected chi connectivity index (χ4v) is 2.76. The van der Waals surface area contributed by atoms with Gasteiger partial charge < -0.3 is 21.1 Å². The summed E-state index contributed by atoms with van der Waals surface area (Å²) in [5, 5.41) is 24.4. The first kappa shape index (κ1) is 30.9. The Morgan fingerprint density at radius 1 is 1.03 bits per heavy atom. The number of amides is 1. The minimum Gasteiger partial charge on any atom is -0.478 e. The van der Waals surface area contributed by atoms with Crippen LogP contribution in [0.2, 0.25) is 0 Å². The van der Waals surface area contributed by atoms with Crippen LogP contribution in [0.5, 0.6) is 0 Å². The molecular weight excluding hydrogens is 438 g/mol. The molecule has 0 aliphatic carbocycles. The van der Waals surface area contributed by atoms with Gasteiger partial charge in [0.05, 0.1) is 10.6 Å². The lowest BCUT2D eigenvalue weighted by atomic mass is 10.2. The van der Waals surface area contributed by atoms with Crippen LogP contribution in [0.3, 0.4) is 0 Å². The summed E-state index contributed by atoms with van der Waals surface area (Å²) < 4.78 is 23.7. The first-order chi connectivity index (χ1) is 14.7. The summed E-state index contributed by atoms with van der Waals surface area (Å²) in [6.07, 6.45) is 3.04. The number of aliphatic hydroxyl groups is 1. The molecule has 0 fully saturated rings.